The van der Waals surface area contributed by atoms with Crippen molar-refractivity contribution >= 4 is 5.95 Å². The minimum Gasteiger partial charge on any atom is -0.481 e. The van der Waals surface area contributed by atoms with Crippen LogP contribution >= 0.6 is 0 Å². The van der Waals surface area contributed by atoms with Crippen molar-refractivity contribution in [2.45, 2.75) is 25.9 Å². The smallest absolute Gasteiger partial charge is 0.226 e. The number of nitrogens with one attached hydrogen (secondary N) is 1. The second-order valence-corrected chi connectivity index (χ2v) is 3.89. The lowest BCUT2D eigenvalue weighted by Gasteiger charge is -2.11. The van der Waals surface area contributed by atoms with E-state index in [9.17, 15) is 0 Å². The van der Waals surface area contributed by atoms with E-state index in [1.54, 1.807) is 13.2 Å². The first-order valence-electron chi connectivity index (χ1n) is 5.53. The fourth-order valence-corrected chi connectivity index (χ4v) is 1.73. The van der Waals surface area contributed by atoms with E-state index < -0.39 is 0 Å². The van der Waals surface area contributed by atoms with Crippen LogP contribution in [0.2, 0.25) is 0 Å². The fraction of sp³-hybridized carbons (Fsp3) is 0.636. The first kappa shape index (κ1) is 11.1. The molecule has 5 heteroatoms. The van der Waals surface area contributed by atoms with E-state index in [4.69, 9.17) is 9.47 Å². The van der Waals surface area contributed by atoms with Gasteiger partial charge in [0, 0.05) is 24.9 Å². The van der Waals surface area contributed by atoms with E-state index in [0.29, 0.717) is 11.8 Å². The van der Waals surface area contributed by atoms with Gasteiger partial charge in [0.25, 0.3) is 0 Å². The normalized spacial score (nSPS) is 19.8. The van der Waals surface area contributed by atoms with Crippen molar-refractivity contribution < 1.29 is 9.47 Å². The van der Waals surface area contributed by atoms with Crippen LogP contribution in [0.15, 0.2) is 6.07 Å². The van der Waals surface area contributed by atoms with Gasteiger partial charge in [-0.25, -0.2) is 4.98 Å². The van der Waals surface area contributed by atoms with Gasteiger partial charge in [0.1, 0.15) is 0 Å². The molecule has 1 saturated heterocycles. The molecule has 1 aromatic rings. The Morgan fingerprint density at radius 1 is 1.56 bits per heavy atom. The van der Waals surface area contributed by atoms with Gasteiger partial charge >= 0.3 is 0 Å². The van der Waals surface area contributed by atoms with Gasteiger partial charge in [-0.2, -0.15) is 4.98 Å². The molecule has 88 valence electrons. The average molecular weight is 223 g/mol. The molecule has 16 heavy (non-hydrogen) atoms. The Morgan fingerprint density at radius 3 is 3.12 bits per heavy atom. The highest BCUT2D eigenvalue weighted by Gasteiger charge is 2.15. The summed E-state index contributed by atoms with van der Waals surface area (Å²) >= 11 is 0. The highest BCUT2D eigenvalue weighted by atomic mass is 16.5. The Bertz CT molecular complexity index is 351. The summed E-state index contributed by atoms with van der Waals surface area (Å²) in [5, 5.41) is 3.17. The zero-order chi connectivity index (χ0) is 11.4. The predicted octanol–water partition coefficient (Wildman–Crippen LogP) is 1.38. The number of ether oxygens (including phenoxy) is 2. The summed E-state index contributed by atoms with van der Waals surface area (Å²) in [7, 11) is 1.60. The molecule has 0 spiro atoms. The minimum absolute atomic E-state index is 0.287. The maximum Gasteiger partial charge on any atom is 0.226 e. The lowest BCUT2D eigenvalue weighted by atomic mass is 10.2. The third kappa shape index (κ3) is 2.82. The highest BCUT2D eigenvalue weighted by molar-refractivity contribution is 5.30. The summed E-state index contributed by atoms with van der Waals surface area (Å²) in [5.74, 6) is 1.19. The topological polar surface area (TPSA) is 56.3 Å². The van der Waals surface area contributed by atoms with Crippen molar-refractivity contribution in [3.05, 3.63) is 11.8 Å². The van der Waals surface area contributed by atoms with Crippen LogP contribution in [0.4, 0.5) is 5.95 Å². The second kappa shape index (κ2) is 5.12. The first-order valence-corrected chi connectivity index (χ1v) is 5.53. The molecule has 1 aromatic heterocycles. The molecular formula is C11H17N3O2. The van der Waals surface area contributed by atoms with E-state index in [-0.39, 0.29) is 6.10 Å². The Balaban J connectivity index is 1.94. The molecule has 0 amide bonds. The van der Waals surface area contributed by atoms with Crippen molar-refractivity contribution in [3.63, 3.8) is 0 Å². The molecule has 1 fully saturated rings. The van der Waals surface area contributed by atoms with Crippen LogP contribution in [0.5, 0.6) is 5.88 Å². The number of methoxy groups -OCH3 is 1. The SMILES string of the molecule is COc1cc(C)nc(NCC2CCCO2)n1. The predicted molar refractivity (Wildman–Crippen MR) is 60.8 cm³/mol. The van der Waals surface area contributed by atoms with E-state index >= 15 is 0 Å². The summed E-state index contributed by atoms with van der Waals surface area (Å²) in [6.07, 6.45) is 2.54. The van der Waals surface area contributed by atoms with Crippen LogP contribution in [0.25, 0.3) is 0 Å². The van der Waals surface area contributed by atoms with Gasteiger partial charge in [0.2, 0.25) is 11.8 Å². The first-order chi connectivity index (χ1) is 7.78. The standard InChI is InChI=1S/C11H17N3O2/c1-8-6-10(15-2)14-11(13-8)12-7-9-4-3-5-16-9/h6,9H,3-5,7H2,1-2H3,(H,12,13,14). The molecule has 1 N–H and O–H groups in total. The van der Waals surface area contributed by atoms with E-state index in [1.807, 2.05) is 6.92 Å². The molecule has 0 radical (unpaired) electrons. The number of hydrogen-bond donors (Lipinski definition) is 1. The third-order valence-corrected chi connectivity index (χ3v) is 2.55. The Labute approximate surface area is 95.2 Å². The Kier molecular flexibility index (Phi) is 3.56. The number of aromatic nitrogens is 2. The Morgan fingerprint density at radius 2 is 2.44 bits per heavy atom. The molecule has 1 atom stereocenters. The summed E-state index contributed by atoms with van der Waals surface area (Å²) in [5.41, 5.74) is 0.890. The molecule has 2 heterocycles. The second-order valence-electron chi connectivity index (χ2n) is 3.89. The van der Waals surface area contributed by atoms with Gasteiger partial charge in [-0.05, 0) is 19.8 Å². The zero-order valence-corrected chi connectivity index (χ0v) is 9.69. The van der Waals surface area contributed by atoms with Crippen molar-refractivity contribution in [2.75, 3.05) is 25.6 Å². The number of aryl methyl sites for hydroxylation is 1. The van der Waals surface area contributed by atoms with Gasteiger partial charge in [-0.3, -0.25) is 0 Å². The minimum atomic E-state index is 0.287. The molecule has 2 rings (SSSR count). The van der Waals surface area contributed by atoms with E-state index in [0.717, 1.165) is 31.7 Å². The molecule has 5 nitrogen and oxygen atoms in total. The zero-order valence-electron chi connectivity index (χ0n) is 9.69. The summed E-state index contributed by atoms with van der Waals surface area (Å²) in [6, 6.07) is 1.80. The molecule has 0 aliphatic carbocycles. The van der Waals surface area contributed by atoms with Crippen molar-refractivity contribution in [3.8, 4) is 5.88 Å². The van der Waals surface area contributed by atoms with Gasteiger partial charge < -0.3 is 14.8 Å². The lowest BCUT2D eigenvalue weighted by Crippen LogP contribution is -2.19. The summed E-state index contributed by atoms with van der Waals surface area (Å²) < 4.78 is 10.6. The van der Waals surface area contributed by atoms with Crippen LogP contribution < -0.4 is 10.1 Å². The molecular weight excluding hydrogens is 206 g/mol. The molecule has 1 aliphatic rings. The molecule has 0 saturated carbocycles. The van der Waals surface area contributed by atoms with E-state index in [2.05, 4.69) is 15.3 Å². The largest absolute Gasteiger partial charge is 0.481 e. The van der Waals surface area contributed by atoms with Crippen LogP contribution in [0, 0.1) is 6.92 Å². The van der Waals surface area contributed by atoms with Crippen molar-refractivity contribution in [1.29, 1.82) is 0 Å². The quantitative estimate of drug-likeness (QED) is 0.835. The van der Waals surface area contributed by atoms with Crippen molar-refractivity contribution in [2.24, 2.45) is 0 Å². The van der Waals surface area contributed by atoms with Crippen LogP contribution in [0.1, 0.15) is 18.5 Å². The molecule has 1 unspecified atom stereocenters. The van der Waals surface area contributed by atoms with Crippen LogP contribution in [0.3, 0.4) is 0 Å². The van der Waals surface area contributed by atoms with E-state index in [1.165, 1.54) is 0 Å². The molecule has 1 aliphatic heterocycles. The number of anilines is 1. The highest BCUT2D eigenvalue weighted by Crippen LogP contribution is 2.14. The van der Waals surface area contributed by atoms with Gasteiger partial charge in [-0.15, -0.1) is 0 Å². The maximum absolute atomic E-state index is 5.51. The number of nitrogens with zero attached hydrogens (tertiary/aromatic N) is 2. The van der Waals surface area contributed by atoms with Gasteiger partial charge in [0.05, 0.1) is 13.2 Å². The van der Waals surface area contributed by atoms with Crippen LogP contribution in [-0.4, -0.2) is 36.3 Å². The lowest BCUT2D eigenvalue weighted by molar-refractivity contribution is 0.120. The van der Waals surface area contributed by atoms with Gasteiger partial charge in [0.15, 0.2) is 0 Å². The monoisotopic (exact) mass is 223 g/mol. The number of rotatable bonds is 4. The summed E-state index contributed by atoms with van der Waals surface area (Å²) in [4.78, 5) is 8.50. The maximum atomic E-state index is 5.51. The van der Waals surface area contributed by atoms with Gasteiger partial charge in [-0.1, -0.05) is 0 Å². The van der Waals surface area contributed by atoms with Crippen LogP contribution in [-0.2, 0) is 4.74 Å². The summed E-state index contributed by atoms with van der Waals surface area (Å²) in [6.45, 7) is 3.54. The molecule has 0 aromatic carbocycles. The Hall–Kier alpha value is -1.36. The van der Waals surface area contributed by atoms with Crippen molar-refractivity contribution in [1.82, 2.24) is 9.97 Å². The fourth-order valence-electron chi connectivity index (χ4n) is 1.73. The average Bonchev–Trinajstić information content (AvgIpc) is 2.78. The number of hydrogen-bond acceptors (Lipinski definition) is 5. The third-order valence-electron chi connectivity index (χ3n) is 2.55. The molecule has 0 bridgehead atoms.